The van der Waals surface area contributed by atoms with Crippen molar-refractivity contribution < 1.29 is 8.42 Å². The highest BCUT2D eigenvalue weighted by Crippen LogP contribution is 2.30. The monoisotopic (exact) mass is 359 g/mol. The molecule has 19 heavy (non-hydrogen) atoms. The number of halogens is 1. The number of nitrogens with one attached hydrogen (secondary N) is 1. The molecule has 0 aliphatic heterocycles. The fourth-order valence-electron chi connectivity index (χ4n) is 1.80. The Kier molecular flexibility index (Phi) is 4.45. The molecule has 1 atom stereocenters. The number of benzene rings is 1. The number of hydrogen-bond donors (Lipinski definition) is 1. The van der Waals surface area contributed by atoms with E-state index in [9.17, 15) is 8.42 Å². The van der Waals surface area contributed by atoms with Gasteiger partial charge in [0.05, 0.1) is 8.68 Å². The van der Waals surface area contributed by atoms with Crippen LogP contribution in [0, 0.1) is 6.92 Å². The fourth-order valence-corrected chi connectivity index (χ4v) is 5.45. The number of aryl methyl sites for hydroxylation is 1. The Morgan fingerprint density at radius 2 is 1.89 bits per heavy atom. The number of hydrogen-bond acceptors (Lipinski definition) is 3. The Labute approximate surface area is 125 Å². The molecule has 0 saturated carbocycles. The van der Waals surface area contributed by atoms with E-state index in [4.69, 9.17) is 0 Å². The van der Waals surface area contributed by atoms with Gasteiger partial charge in [-0.05, 0) is 41.4 Å². The molecule has 0 spiro atoms. The van der Waals surface area contributed by atoms with Crippen LogP contribution in [0.5, 0.6) is 0 Å². The van der Waals surface area contributed by atoms with Gasteiger partial charge in [0.15, 0.2) is 0 Å². The Hall–Kier alpha value is -0.690. The van der Waals surface area contributed by atoms with Crippen LogP contribution in [0.4, 0.5) is 0 Å². The molecule has 0 fully saturated rings. The van der Waals surface area contributed by atoms with E-state index >= 15 is 0 Å². The first-order valence-electron chi connectivity index (χ1n) is 5.73. The Morgan fingerprint density at radius 1 is 1.26 bits per heavy atom. The summed E-state index contributed by atoms with van der Waals surface area (Å²) in [5, 5.41) is 0. The molecule has 0 amide bonds. The average Bonchev–Trinajstić information content (AvgIpc) is 2.70. The molecule has 102 valence electrons. The van der Waals surface area contributed by atoms with Gasteiger partial charge in [-0.25, -0.2) is 13.1 Å². The van der Waals surface area contributed by atoms with Crippen LogP contribution < -0.4 is 4.72 Å². The molecule has 1 aromatic carbocycles. The molecule has 1 N–H and O–H groups in total. The van der Waals surface area contributed by atoms with Crippen LogP contribution >= 0.6 is 27.3 Å². The first-order valence-corrected chi connectivity index (χ1v) is 8.82. The summed E-state index contributed by atoms with van der Waals surface area (Å²) in [4.78, 5) is 1.12. The minimum Gasteiger partial charge on any atom is -0.207 e. The summed E-state index contributed by atoms with van der Waals surface area (Å²) >= 11 is 4.73. The summed E-state index contributed by atoms with van der Waals surface area (Å²) in [6.45, 7) is 3.64. The normalized spacial score (nSPS) is 13.4. The Morgan fingerprint density at radius 3 is 2.42 bits per heavy atom. The highest BCUT2D eigenvalue weighted by molar-refractivity contribution is 9.11. The summed E-state index contributed by atoms with van der Waals surface area (Å²) in [7, 11) is -3.49. The van der Waals surface area contributed by atoms with Gasteiger partial charge in [-0.1, -0.05) is 30.3 Å². The van der Waals surface area contributed by atoms with Gasteiger partial charge >= 0.3 is 0 Å². The third-order valence-electron chi connectivity index (χ3n) is 2.76. The van der Waals surface area contributed by atoms with Crippen molar-refractivity contribution in [2.24, 2.45) is 0 Å². The molecule has 2 aromatic rings. The smallest absolute Gasteiger partial charge is 0.207 e. The van der Waals surface area contributed by atoms with Gasteiger partial charge in [0, 0.05) is 10.9 Å². The van der Waals surface area contributed by atoms with Crippen LogP contribution in [0.2, 0.25) is 0 Å². The Balaban J connectivity index is 2.25. The van der Waals surface area contributed by atoms with Crippen LogP contribution in [0.3, 0.4) is 0 Å². The lowest BCUT2D eigenvalue weighted by molar-refractivity contribution is 0.567. The van der Waals surface area contributed by atoms with E-state index in [1.54, 1.807) is 13.0 Å². The highest BCUT2D eigenvalue weighted by atomic mass is 79.9. The molecule has 0 radical (unpaired) electrons. The zero-order valence-corrected chi connectivity index (χ0v) is 13.8. The summed E-state index contributed by atoms with van der Waals surface area (Å²) in [6.07, 6.45) is 0. The maximum atomic E-state index is 12.3. The van der Waals surface area contributed by atoms with Gasteiger partial charge in [-0.2, -0.15) is 0 Å². The molecule has 1 aromatic heterocycles. The predicted octanol–water partition coefficient (Wildman–Crippen LogP) is 3.86. The summed E-state index contributed by atoms with van der Waals surface area (Å²) in [5.74, 6) is 0. The van der Waals surface area contributed by atoms with Gasteiger partial charge < -0.3 is 0 Å². The first kappa shape index (κ1) is 14.7. The van der Waals surface area contributed by atoms with Crippen LogP contribution in [0.25, 0.3) is 0 Å². The molecule has 0 aliphatic rings. The lowest BCUT2D eigenvalue weighted by Crippen LogP contribution is -2.27. The van der Waals surface area contributed by atoms with Gasteiger partial charge in [0.1, 0.15) is 0 Å². The topological polar surface area (TPSA) is 46.2 Å². The maximum absolute atomic E-state index is 12.3. The SMILES string of the molecule is Cc1sc(Br)cc1S(=O)(=O)NC(C)c1ccccc1. The number of sulfonamides is 1. The Bertz CT molecular complexity index is 665. The van der Waals surface area contributed by atoms with E-state index in [2.05, 4.69) is 20.7 Å². The molecule has 2 rings (SSSR count). The molecule has 3 nitrogen and oxygen atoms in total. The molecular weight excluding hydrogens is 346 g/mol. The third-order valence-corrected chi connectivity index (χ3v) is 6.11. The van der Waals surface area contributed by atoms with E-state index in [1.165, 1.54) is 11.3 Å². The third kappa shape index (κ3) is 3.45. The average molecular weight is 360 g/mol. The number of thiophene rings is 1. The molecule has 0 bridgehead atoms. The standard InChI is InChI=1S/C13H14BrNO2S2/c1-9(11-6-4-3-5-7-11)15-19(16,17)12-8-13(14)18-10(12)2/h3-9,15H,1-2H3. The number of rotatable bonds is 4. The van der Waals surface area contributed by atoms with Gasteiger partial charge in [0.2, 0.25) is 10.0 Å². The molecule has 0 aliphatic carbocycles. The van der Waals surface area contributed by atoms with Crippen LogP contribution in [-0.4, -0.2) is 8.42 Å². The first-order chi connectivity index (χ1) is 8.90. The van der Waals surface area contributed by atoms with Crippen molar-refractivity contribution in [3.05, 3.63) is 50.6 Å². The van der Waals surface area contributed by atoms with Gasteiger partial charge in [-0.15, -0.1) is 11.3 Å². The molecule has 1 heterocycles. The van der Waals surface area contributed by atoms with E-state index in [-0.39, 0.29) is 6.04 Å². The van der Waals surface area contributed by atoms with Crippen molar-refractivity contribution in [1.82, 2.24) is 4.72 Å². The largest absolute Gasteiger partial charge is 0.242 e. The minimum atomic E-state index is -3.49. The van der Waals surface area contributed by atoms with Crippen molar-refractivity contribution in [2.45, 2.75) is 24.8 Å². The van der Waals surface area contributed by atoms with Gasteiger partial charge in [-0.3, -0.25) is 0 Å². The van der Waals surface area contributed by atoms with Crippen LogP contribution in [0.1, 0.15) is 23.4 Å². The zero-order valence-electron chi connectivity index (χ0n) is 10.6. The summed E-state index contributed by atoms with van der Waals surface area (Å²) in [5.41, 5.74) is 0.943. The molecular formula is C13H14BrNO2S2. The second kappa shape index (κ2) is 5.75. The van der Waals surface area contributed by atoms with Crippen LogP contribution in [0.15, 0.2) is 45.1 Å². The second-order valence-electron chi connectivity index (χ2n) is 4.22. The van der Waals surface area contributed by atoms with Crippen molar-refractivity contribution >= 4 is 37.3 Å². The predicted molar refractivity (Wildman–Crippen MR) is 81.9 cm³/mol. The molecule has 1 unspecified atom stereocenters. The van der Waals surface area contributed by atoms with E-state index in [0.717, 1.165) is 14.2 Å². The van der Waals surface area contributed by atoms with Gasteiger partial charge in [0.25, 0.3) is 0 Å². The maximum Gasteiger partial charge on any atom is 0.242 e. The quantitative estimate of drug-likeness (QED) is 0.900. The van der Waals surface area contributed by atoms with Crippen molar-refractivity contribution in [1.29, 1.82) is 0 Å². The minimum absolute atomic E-state index is 0.260. The summed E-state index contributed by atoms with van der Waals surface area (Å²) in [6, 6.07) is 10.9. The van der Waals surface area contributed by atoms with E-state index < -0.39 is 10.0 Å². The summed E-state index contributed by atoms with van der Waals surface area (Å²) < 4.78 is 28.2. The molecule has 0 saturated heterocycles. The lowest BCUT2D eigenvalue weighted by atomic mass is 10.1. The molecule has 6 heteroatoms. The van der Waals surface area contributed by atoms with Crippen LogP contribution in [-0.2, 0) is 10.0 Å². The van der Waals surface area contributed by atoms with Crippen molar-refractivity contribution in [2.75, 3.05) is 0 Å². The lowest BCUT2D eigenvalue weighted by Gasteiger charge is -2.14. The van der Waals surface area contributed by atoms with Crippen molar-refractivity contribution in [3.63, 3.8) is 0 Å². The zero-order chi connectivity index (χ0) is 14.0. The van der Waals surface area contributed by atoms with Crippen molar-refractivity contribution in [3.8, 4) is 0 Å². The second-order valence-corrected chi connectivity index (χ2v) is 8.54. The van der Waals surface area contributed by atoms with E-state index in [0.29, 0.717) is 4.90 Å². The fraction of sp³-hybridized carbons (Fsp3) is 0.231. The highest BCUT2D eigenvalue weighted by Gasteiger charge is 2.22. The van der Waals surface area contributed by atoms with E-state index in [1.807, 2.05) is 37.3 Å².